The van der Waals surface area contributed by atoms with E-state index in [0.29, 0.717) is 23.1 Å². The van der Waals surface area contributed by atoms with Gasteiger partial charge in [0.15, 0.2) is 13.6 Å². The summed E-state index contributed by atoms with van der Waals surface area (Å²) in [5.41, 5.74) is 6.03. The van der Waals surface area contributed by atoms with E-state index in [1.165, 1.54) is 6.33 Å². The van der Waals surface area contributed by atoms with Crippen LogP contribution in [-0.4, -0.2) is 42.3 Å². The van der Waals surface area contributed by atoms with Gasteiger partial charge < -0.3 is 9.79 Å². The molecule has 4 aromatic heterocycles. The molecule has 0 aliphatic heterocycles. The quantitative estimate of drug-likeness (QED) is 0.369. The smallest absolute Gasteiger partial charge is 0.186 e. The highest BCUT2D eigenvalue weighted by atomic mass is 35.5. The van der Waals surface area contributed by atoms with Gasteiger partial charge in [0, 0.05) is 46.2 Å². The Morgan fingerprint density at radius 2 is 1.79 bits per heavy atom. The normalized spacial score (nSPS) is 11.5. The average molecular weight is 476 g/mol. The average Bonchev–Trinajstić information content (AvgIpc) is 3.43. The fourth-order valence-electron chi connectivity index (χ4n) is 3.80. The maximum Gasteiger partial charge on any atom is 0.186 e. The molecule has 1 aromatic carbocycles. The summed E-state index contributed by atoms with van der Waals surface area (Å²) in [6.07, 6.45) is 3.47. The molecule has 5 rings (SSSR count). The van der Waals surface area contributed by atoms with Crippen LogP contribution in [0.5, 0.6) is 0 Å². The van der Waals surface area contributed by atoms with E-state index in [-0.39, 0.29) is 0 Å². The number of halogens is 2. The van der Waals surface area contributed by atoms with Gasteiger partial charge in [-0.1, -0.05) is 35.3 Å². The summed E-state index contributed by atoms with van der Waals surface area (Å²) in [7, 11) is 2.01. The SMILES string of the molecule is BN(Cc1nc(-c2cccc(C)n2)c(-c2ccc3ncnn3c2)[nH]1)Cc1c(Cl)cccc1Cl. The van der Waals surface area contributed by atoms with Crippen LogP contribution in [0, 0.1) is 6.92 Å². The molecule has 4 heterocycles. The van der Waals surface area contributed by atoms with E-state index in [0.717, 1.165) is 45.4 Å². The van der Waals surface area contributed by atoms with Gasteiger partial charge in [0.05, 0.1) is 11.4 Å². The van der Waals surface area contributed by atoms with Gasteiger partial charge in [-0.25, -0.2) is 14.5 Å². The van der Waals surface area contributed by atoms with Crippen molar-refractivity contribution >= 4 is 36.8 Å². The van der Waals surface area contributed by atoms with Crippen molar-refractivity contribution in [2.75, 3.05) is 0 Å². The number of imidazole rings is 1. The predicted molar refractivity (Wildman–Crippen MR) is 133 cm³/mol. The predicted octanol–water partition coefficient (Wildman–Crippen LogP) is 4.35. The molecule has 0 bridgehead atoms. The van der Waals surface area contributed by atoms with Crippen LogP contribution in [0.4, 0.5) is 0 Å². The van der Waals surface area contributed by atoms with Crippen LogP contribution in [0.25, 0.3) is 28.3 Å². The highest BCUT2D eigenvalue weighted by molar-refractivity contribution is 6.36. The minimum absolute atomic E-state index is 0.575. The Labute approximate surface area is 201 Å². The minimum atomic E-state index is 0.575. The Morgan fingerprint density at radius 1 is 1.00 bits per heavy atom. The minimum Gasteiger partial charge on any atom is -0.340 e. The number of aryl methyl sites for hydroxylation is 1. The third-order valence-corrected chi connectivity index (χ3v) is 6.06. The summed E-state index contributed by atoms with van der Waals surface area (Å²) in [4.78, 5) is 19.5. The molecule has 0 fully saturated rings. The molecule has 1 N–H and O–H groups in total. The number of pyridine rings is 2. The molecule has 0 spiro atoms. The molecule has 0 aliphatic rings. The summed E-state index contributed by atoms with van der Waals surface area (Å²) in [6, 6.07) is 15.4. The third kappa shape index (κ3) is 4.50. The lowest BCUT2D eigenvalue weighted by Crippen LogP contribution is -2.20. The number of H-pyrrole nitrogens is 1. The van der Waals surface area contributed by atoms with Crippen molar-refractivity contribution in [1.82, 2.24) is 34.4 Å². The lowest BCUT2D eigenvalue weighted by Gasteiger charge is -2.17. The number of aromatic nitrogens is 6. The van der Waals surface area contributed by atoms with Crippen LogP contribution in [0.2, 0.25) is 10.0 Å². The summed E-state index contributed by atoms with van der Waals surface area (Å²) in [5, 5.41) is 5.57. The van der Waals surface area contributed by atoms with Crippen molar-refractivity contribution in [3.63, 3.8) is 0 Å². The van der Waals surface area contributed by atoms with Crippen molar-refractivity contribution < 1.29 is 0 Å². The summed E-state index contributed by atoms with van der Waals surface area (Å²) < 4.78 is 1.74. The van der Waals surface area contributed by atoms with E-state index in [1.54, 1.807) is 4.52 Å². The molecule has 5 aromatic rings. The molecule has 0 saturated carbocycles. The van der Waals surface area contributed by atoms with E-state index >= 15 is 0 Å². The highest BCUT2D eigenvalue weighted by Gasteiger charge is 2.18. The maximum atomic E-state index is 6.36. The van der Waals surface area contributed by atoms with Crippen LogP contribution in [0.15, 0.2) is 61.1 Å². The largest absolute Gasteiger partial charge is 0.340 e. The number of hydrogen-bond donors (Lipinski definition) is 1. The maximum absolute atomic E-state index is 6.36. The van der Waals surface area contributed by atoms with Gasteiger partial charge in [0.25, 0.3) is 0 Å². The molecule has 0 atom stereocenters. The van der Waals surface area contributed by atoms with Crippen LogP contribution in [-0.2, 0) is 13.1 Å². The number of fused-ring (bicyclic) bond motifs is 1. The summed E-state index contributed by atoms with van der Waals surface area (Å²) in [5.74, 6) is 0.813. The van der Waals surface area contributed by atoms with Gasteiger partial charge in [-0.2, -0.15) is 5.10 Å². The van der Waals surface area contributed by atoms with Crippen molar-refractivity contribution in [2.24, 2.45) is 0 Å². The molecule has 10 heteroatoms. The van der Waals surface area contributed by atoms with Gasteiger partial charge in [-0.3, -0.25) is 4.98 Å². The lowest BCUT2D eigenvalue weighted by atomic mass is 10.1. The zero-order valence-corrected chi connectivity index (χ0v) is 19.6. The fourth-order valence-corrected chi connectivity index (χ4v) is 4.31. The van der Waals surface area contributed by atoms with Crippen molar-refractivity contribution in [2.45, 2.75) is 20.0 Å². The summed E-state index contributed by atoms with van der Waals surface area (Å²) in [6.45, 7) is 3.14. The summed E-state index contributed by atoms with van der Waals surface area (Å²) >= 11 is 12.7. The molecule has 7 nitrogen and oxygen atoms in total. The first-order chi connectivity index (χ1) is 16.0. The Morgan fingerprint density at radius 3 is 2.58 bits per heavy atom. The van der Waals surface area contributed by atoms with E-state index < -0.39 is 0 Å². The molecule has 0 amide bonds. The van der Waals surface area contributed by atoms with E-state index in [2.05, 4.69) is 19.9 Å². The Kier molecular flexibility index (Phi) is 5.89. The zero-order chi connectivity index (χ0) is 22.9. The van der Waals surface area contributed by atoms with Crippen LogP contribution in [0.3, 0.4) is 0 Å². The number of rotatable bonds is 6. The monoisotopic (exact) mass is 475 g/mol. The lowest BCUT2D eigenvalue weighted by molar-refractivity contribution is 0.432. The van der Waals surface area contributed by atoms with E-state index in [9.17, 15) is 0 Å². The fraction of sp³-hybridized carbons (Fsp3) is 0.130. The van der Waals surface area contributed by atoms with Gasteiger partial charge in [-0.05, 0) is 43.3 Å². The van der Waals surface area contributed by atoms with Crippen molar-refractivity contribution in [3.05, 3.63) is 88.2 Å². The molecule has 0 radical (unpaired) electrons. The number of nitrogens with one attached hydrogen (secondary N) is 1. The highest BCUT2D eigenvalue weighted by Crippen LogP contribution is 2.30. The molecular weight excluding hydrogens is 456 g/mol. The van der Waals surface area contributed by atoms with E-state index in [1.807, 2.05) is 69.6 Å². The first-order valence-corrected chi connectivity index (χ1v) is 11.2. The first-order valence-electron chi connectivity index (χ1n) is 10.4. The number of hydrogen-bond acceptors (Lipinski definition) is 5. The van der Waals surface area contributed by atoms with E-state index in [4.69, 9.17) is 33.2 Å². The van der Waals surface area contributed by atoms with Gasteiger partial charge in [0.1, 0.15) is 17.8 Å². The zero-order valence-electron chi connectivity index (χ0n) is 18.1. The number of benzene rings is 1. The topological polar surface area (TPSA) is 75.0 Å². The molecule has 164 valence electrons. The Bertz CT molecular complexity index is 1430. The molecule has 0 aliphatic carbocycles. The molecule has 0 saturated heterocycles. The first kappa shape index (κ1) is 21.6. The third-order valence-electron chi connectivity index (χ3n) is 5.36. The number of aromatic amines is 1. The second-order valence-electron chi connectivity index (χ2n) is 7.92. The number of nitrogens with zero attached hydrogens (tertiary/aromatic N) is 6. The van der Waals surface area contributed by atoms with Crippen LogP contribution in [0.1, 0.15) is 17.1 Å². The van der Waals surface area contributed by atoms with Crippen molar-refractivity contribution in [1.29, 1.82) is 0 Å². The van der Waals surface area contributed by atoms with Gasteiger partial charge in [-0.15, -0.1) is 0 Å². The van der Waals surface area contributed by atoms with Gasteiger partial charge >= 0.3 is 0 Å². The Balaban J connectivity index is 1.51. The van der Waals surface area contributed by atoms with Crippen LogP contribution < -0.4 is 0 Å². The molecule has 33 heavy (non-hydrogen) atoms. The van der Waals surface area contributed by atoms with Crippen LogP contribution >= 0.6 is 23.2 Å². The standard InChI is InChI=1S/C23H20BCl2N7/c1-14-4-2-7-19(29-14)23-22(15-8-9-21-27-13-28-33(21)10-15)30-20(31-23)12-32(24)11-16-17(25)5-3-6-18(16)26/h2-10,13H,11-12,24H2,1H3,(H,30,31). The second-order valence-corrected chi connectivity index (χ2v) is 8.74. The molecular formula is C23H20BCl2N7. The van der Waals surface area contributed by atoms with Gasteiger partial charge in [0.2, 0.25) is 0 Å². The second kappa shape index (κ2) is 8.98. The molecule has 0 unspecified atom stereocenters. The van der Waals surface area contributed by atoms with Crippen molar-refractivity contribution in [3.8, 4) is 22.6 Å². The Hall–Kier alpha value is -3.20.